The molecule has 0 heterocycles. The van der Waals surface area contributed by atoms with Crippen molar-refractivity contribution < 1.29 is 0 Å². The molecule has 9 aromatic rings. The Morgan fingerprint density at radius 3 is 1.27 bits per heavy atom. The summed E-state index contributed by atoms with van der Waals surface area (Å²) in [6.45, 7) is 6.99. The predicted molar refractivity (Wildman–Crippen MR) is 261 cm³/mol. The summed E-state index contributed by atoms with van der Waals surface area (Å²) in [5.41, 5.74) is 32.3. The Morgan fingerprint density at radius 2 is 0.742 bits per heavy atom. The Hall–Kier alpha value is -7.26. The molecule has 2 aliphatic carbocycles. The topological polar surface area (TPSA) is 52.0 Å². The maximum absolute atomic E-state index is 6.31. The minimum Gasteiger partial charge on any atom is -0.399 e. The average Bonchev–Trinajstić information content (AvgIpc) is 3.64. The third-order valence-corrected chi connectivity index (χ3v) is 12.8. The van der Waals surface area contributed by atoms with Gasteiger partial charge in [0.1, 0.15) is 0 Å². The molecule has 1 spiro atoms. The number of hydrogen-bond donors (Lipinski definition) is 2. The van der Waals surface area contributed by atoms with Crippen LogP contribution in [-0.2, 0) is 10.8 Å². The van der Waals surface area contributed by atoms with Crippen molar-refractivity contribution in [1.82, 2.24) is 0 Å². The minimum atomic E-state index is -0.249. The monoisotopic (exact) mass is 800 g/mol. The summed E-state index contributed by atoms with van der Waals surface area (Å²) in [5, 5.41) is 0. The average molecular weight is 801 g/mol. The van der Waals surface area contributed by atoms with Gasteiger partial charge in [-0.3, -0.25) is 0 Å². The highest BCUT2D eigenvalue weighted by Gasteiger charge is 2.53. The van der Waals surface area contributed by atoms with Crippen molar-refractivity contribution in [2.45, 2.75) is 37.6 Å². The van der Waals surface area contributed by atoms with Gasteiger partial charge in [-0.1, -0.05) is 232 Å². The summed E-state index contributed by atoms with van der Waals surface area (Å²) in [5.74, 6) is 0. The smallest absolute Gasteiger partial charge is 0.0719 e. The normalized spacial score (nSPS) is 13.7. The van der Waals surface area contributed by atoms with Crippen LogP contribution in [0.1, 0.15) is 70.0 Å². The zero-order chi connectivity index (χ0) is 42.7. The molecule has 1 atom stereocenters. The molecule has 2 aliphatic rings. The Balaban J connectivity index is 0.000000129. The van der Waals surface area contributed by atoms with E-state index in [0.717, 1.165) is 16.8 Å². The van der Waals surface area contributed by atoms with Gasteiger partial charge in [0, 0.05) is 11.1 Å². The van der Waals surface area contributed by atoms with E-state index >= 15 is 0 Å². The number of nitrogen functional groups attached to an aromatic ring is 1. The SMILES string of the molecule is Cc1cccc2c1-c1ccccc1C21c2ccccc2C(C)(C)c2ccccc21.NC(c1ccccc1)c1ccc(-c2ccccc2)cc1.Nc1ccc(-c2ccccc2)cc1. The second-order valence-corrected chi connectivity index (χ2v) is 16.9. The lowest BCUT2D eigenvalue weighted by Gasteiger charge is -2.46. The number of hydrogen-bond acceptors (Lipinski definition) is 2. The molecule has 2 heteroatoms. The first-order valence-corrected chi connectivity index (χ1v) is 21.6. The number of anilines is 1. The van der Waals surface area contributed by atoms with Crippen molar-refractivity contribution in [1.29, 1.82) is 0 Å². The maximum atomic E-state index is 6.31. The molecule has 11 rings (SSSR count). The second-order valence-electron chi connectivity index (χ2n) is 16.9. The molecule has 0 saturated carbocycles. The minimum absolute atomic E-state index is 0.0278. The Morgan fingerprint density at radius 1 is 0.355 bits per heavy atom. The molecule has 0 saturated heterocycles. The number of nitrogens with two attached hydrogens (primary N) is 2. The number of rotatable bonds is 4. The van der Waals surface area contributed by atoms with E-state index in [9.17, 15) is 0 Å². The number of benzene rings is 9. The lowest BCUT2D eigenvalue weighted by Crippen LogP contribution is -2.40. The van der Waals surface area contributed by atoms with Crippen LogP contribution in [0.4, 0.5) is 5.69 Å². The molecule has 4 N–H and O–H groups in total. The highest BCUT2D eigenvalue weighted by molar-refractivity contribution is 5.89. The second kappa shape index (κ2) is 17.0. The molecule has 0 amide bonds. The lowest BCUT2D eigenvalue weighted by atomic mass is 9.55. The zero-order valence-corrected chi connectivity index (χ0v) is 35.7. The van der Waals surface area contributed by atoms with Crippen molar-refractivity contribution in [2.75, 3.05) is 5.73 Å². The van der Waals surface area contributed by atoms with Crippen molar-refractivity contribution in [3.8, 4) is 33.4 Å². The molecule has 302 valence electrons. The van der Waals surface area contributed by atoms with Crippen LogP contribution in [-0.4, -0.2) is 0 Å². The summed E-state index contributed by atoms with van der Waals surface area (Å²) in [6, 6.07) is 81.2. The quantitative estimate of drug-likeness (QED) is 0.174. The highest BCUT2D eigenvalue weighted by atomic mass is 14.6. The van der Waals surface area contributed by atoms with E-state index in [-0.39, 0.29) is 16.9 Å². The largest absolute Gasteiger partial charge is 0.399 e. The van der Waals surface area contributed by atoms with Crippen LogP contribution in [0.5, 0.6) is 0 Å². The molecule has 2 nitrogen and oxygen atoms in total. The molecule has 0 fully saturated rings. The number of fused-ring (bicyclic) bond motifs is 9. The fraction of sp³-hybridized carbons (Fsp3) is 0.100. The molecule has 1 unspecified atom stereocenters. The van der Waals surface area contributed by atoms with Crippen LogP contribution in [0.15, 0.2) is 231 Å². The van der Waals surface area contributed by atoms with Crippen LogP contribution in [0, 0.1) is 6.92 Å². The van der Waals surface area contributed by atoms with Gasteiger partial charge in [0.2, 0.25) is 0 Å². The standard InChI is InChI=1S/C29H24.C19H17N.C12H11N/c1-19-11-10-18-26-27(19)20-12-4-5-13-21(20)29(26)24-16-8-6-14-22(24)28(2,3)23-15-7-9-17-25(23)29;20-19(17-9-5-2-6-10-17)18-13-11-16(12-14-18)15-7-3-1-4-8-15;13-12-8-6-11(7-9-12)10-4-2-1-3-5-10/h4-18H,1-3H3;1-14,19H,20H2;1-9H,13H2. The van der Waals surface area contributed by atoms with Gasteiger partial charge in [-0.2, -0.15) is 0 Å². The van der Waals surface area contributed by atoms with Gasteiger partial charge in [-0.05, 0) is 103 Å². The highest BCUT2D eigenvalue weighted by Crippen LogP contribution is 2.62. The molecule has 0 bridgehead atoms. The van der Waals surface area contributed by atoms with Gasteiger partial charge >= 0.3 is 0 Å². The number of aryl methyl sites for hydroxylation is 1. The van der Waals surface area contributed by atoms with E-state index in [0.29, 0.717) is 0 Å². The molecule has 62 heavy (non-hydrogen) atoms. The molecule has 0 aromatic heterocycles. The maximum Gasteiger partial charge on any atom is 0.0719 e. The Bertz CT molecular complexity index is 2880. The summed E-state index contributed by atoms with van der Waals surface area (Å²) >= 11 is 0. The van der Waals surface area contributed by atoms with Crippen LogP contribution >= 0.6 is 0 Å². The van der Waals surface area contributed by atoms with Crippen LogP contribution in [0.2, 0.25) is 0 Å². The molecular formula is C60H52N2. The van der Waals surface area contributed by atoms with E-state index in [2.05, 4.69) is 185 Å². The summed E-state index contributed by atoms with van der Waals surface area (Å²) in [7, 11) is 0. The first kappa shape index (κ1) is 40.2. The predicted octanol–water partition coefficient (Wildman–Crippen LogP) is 14.3. The first-order valence-electron chi connectivity index (χ1n) is 21.6. The summed E-state index contributed by atoms with van der Waals surface area (Å²) in [4.78, 5) is 0. The van der Waals surface area contributed by atoms with Crippen molar-refractivity contribution in [3.05, 3.63) is 281 Å². The van der Waals surface area contributed by atoms with Gasteiger partial charge in [0.15, 0.2) is 0 Å². The molecule has 0 aliphatic heterocycles. The van der Waals surface area contributed by atoms with Crippen LogP contribution in [0.25, 0.3) is 33.4 Å². The Labute approximate surface area is 367 Å². The van der Waals surface area contributed by atoms with Gasteiger partial charge in [0.25, 0.3) is 0 Å². The van der Waals surface area contributed by atoms with Gasteiger partial charge < -0.3 is 11.5 Å². The van der Waals surface area contributed by atoms with E-state index in [1.54, 1.807) is 0 Å². The first-order chi connectivity index (χ1) is 30.3. The summed E-state index contributed by atoms with van der Waals surface area (Å²) in [6.07, 6.45) is 0. The van der Waals surface area contributed by atoms with Gasteiger partial charge in [-0.25, -0.2) is 0 Å². The summed E-state index contributed by atoms with van der Waals surface area (Å²) < 4.78 is 0. The van der Waals surface area contributed by atoms with Crippen molar-refractivity contribution in [2.24, 2.45) is 5.73 Å². The molecular weight excluding hydrogens is 749 g/mol. The molecule has 0 radical (unpaired) electrons. The van der Waals surface area contributed by atoms with Crippen LogP contribution in [0.3, 0.4) is 0 Å². The van der Waals surface area contributed by atoms with E-state index in [1.807, 2.05) is 66.7 Å². The fourth-order valence-electron chi connectivity index (χ4n) is 9.76. The van der Waals surface area contributed by atoms with Crippen molar-refractivity contribution in [3.63, 3.8) is 0 Å². The fourth-order valence-corrected chi connectivity index (χ4v) is 9.76. The van der Waals surface area contributed by atoms with Crippen molar-refractivity contribution >= 4 is 5.69 Å². The van der Waals surface area contributed by atoms with Crippen LogP contribution < -0.4 is 11.5 Å². The molecule has 9 aromatic carbocycles. The third-order valence-electron chi connectivity index (χ3n) is 12.8. The van der Waals surface area contributed by atoms with Gasteiger partial charge in [-0.15, -0.1) is 0 Å². The van der Waals surface area contributed by atoms with E-state index in [4.69, 9.17) is 11.5 Å². The van der Waals surface area contributed by atoms with E-state index in [1.165, 1.54) is 72.3 Å². The Kier molecular flexibility index (Phi) is 11.0. The third kappa shape index (κ3) is 7.23. The zero-order valence-electron chi connectivity index (χ0n) is 35.7. The lowest BCUT2D eigenvalue weighted by molar-refractivity contribution is 0.563. The van der Waals surface area contributed by atoms with Gasteiger partial charge in [0.05, 0.1) is 11.5 Å². The van der Waals surface area contributed by atoms with E-state index < -0.39 is 0 Å².